The summed E-state index contributed by atoms with van der Waals surface area (Å²) in [7, 11) is 0. The highest BCUT2D eigenvalue weighted by molar-refractivity contribution is 6.30. The first-order valence-electron chi connectivity index (χ1n) is 8.39. The van der Waals surface area contributed by atoms with Crippen molar-refractivity contribution in [1.29, 1.82) is 0 Å². The molecule has 2 heterocycles. The molecule has 0 aromatic heterocycles. The molecule has 25 heavy (non-hydrogen) atoms. The number of urea groups is 1. The van der Waals surface area contributed by atoms with Crippen LogP contribution in [0.4, 0.5) is 4.79 Å². The van der Waals surface area contributed by atoms with E-state index in [1.807, 2.05) is 17.0 Å². The highest BCUT2D eigenvalue weighted by Crippen LogP contribution is 2.37. The zero-order valence-corrected chi connectivity index (χ0v) is 15.2. The standard InChI is InChI=1S/C19H22ClN3O2/c1-4-8-23-15-11-22(10-12(2)3)18(24)16(15)17(21-19(23)25)13-6-5-7-14(20)9-13/h4-7,9,12,17H,1,8,10-11H2,2-3H3,(H,21,25)/t17-/m0/s1. The zero-order chi connectivity index (χ0) is 18.1. The molecule has 1 N–H and O–H groups in total. The van der Waals surface area contributed by atoms with Crippen LogP contribution >= 0.6 is 11.6 Å². The Labute approximate surface area is 152 Å². The van der Waals surface area contributed by atoms with Crippen molar-refractivity contribution in [2.24, 2.45) is 5.92 Å². The van der Waals surface area contributed by atoms with Gasteiger partial charge in [0.15, 0.2) is 0 Å². The van der Waals surface area contributed by atoms with Gasteiger partial charge in [0.05, 0.1) is 23.9 Å². The number of carbonyl (C=O) groups excluding carboxylic acids is 2. The van der Waals surface area contributed by atoms with E-state index >= 15 is 0 Å². The van der Waals surface area contributed by atoms with Crippen LogP contribution in [0.1, 0.15) is 25.5 Å². The largest absolute Gasteiger partial charge is 0.333 e. The van der Waals surface area contributed by atoms with E-state index in [0.29, 0.717) is 36.1 Å². The second-order valence-electron chi connectivity index (χ2n) is 6.78. The molecule has 6 heteroatoms. The van der Waals surface area contributed by atoms with Gasteiger partial charge in [-0.15, -0.1) is 6.58 Å². The fourth-order valence-corrected chi connectivity index (χ4v) is 3.59. The molecule has 2 aliphatic heterocycles. The van der Waals surface area contributed by atoms with Gasteiger partial charge in [-0.3, -0.25) is 9.69 Å². The fraction of sp³-hybridized carbons (Fsp3) is 0.368. The van der Waals surface area contributed by atoms with Crippen molar-refractivity contribution >= 4 is 23.5 Å². The molecule has 0 spiro atoms. The van der Waals surface area contributed by atoms with Crippen molar-refractivity contribution in [2.75, 3.05) is 19.6 Å². The summed E-state index contributed by atoms with van der Waals surface area (Å²) in [5.41, 5.74) is 2.20. The van der Waals surface area contributed by atoms with Gasteiger partial charge in [-0.1, -0.05) is 43.7 Å². The van der Waals surface area contributed by atoms with Crippen LogP contribution in [0.5, 0.6) is 0 Å². The highest BCUT2D eigenvalue weighted by Gasteiger charge is 2.43. The Morgan fingerprint density at radius 2 is 2.16 bits per heavy atom. The van der Waals surface area contributed by atoms with Crippen molar-refractivity contribution < 1.29 is 9.59 Å². The van der Waals surface area contributed by atoms with Gasteiger partial charge < -0.3 is 10.2 Å². The molecule has 3 amide bonds. The van der Waals surface area contributed by atoms with E-state index in [1.54, 1.807) is 23.1 Å². The summed E-state index contributed by atoms with van der Waals surface area (Å²) in [6.07, 6.45) is 1.67. The number of halogens is 1. The number of hydrogen-bond donors (Lipinski definition) is 1. The second kappa shape index (κ2) is 6.92. The smallest absolute Gasteiger partial charge is 0.322 e. The van der Waals surface area contributed by atoms with Gasteiger partial charge in [0, 0.05) is 18.1 Å². The minimum absolute atomic E-state index is 0.0252. The van der Waals surface area contributed by atoms with Crippen molar-refractivity contribution in [3.8, 4) is 0 Å². The molecular weight excluding hydrogens is 338 g/mol. The first-order chi connectivity index (χ1) is 11.9. The molecule has 0 bridgehead atoms. The monoisotopic (exact) mass is 359 g/mol. The van der Waals surface area contributed by atoms with E-state index in [0.717, 1.165) is 11.3 Å². The number of rotatable bonds is 5. The van der Waals surface area contributed by atoms with Gasteiger partial charge in [-0.25, -0.2) is 4.79 Å². The molecule has 2 aliphatic rings. The molecule has 0 radical (unpaired) electrons. The van der Waals surface area contributed by atoms with Crippen LogP contribution in [0.25, 0.3) is 0 Å². The molecule has 0 aliphatic carbocycles. The maximum absolute atomic E-state index is 13.0. The molecule has 1 aromatic carbocycles. The van der Waals surface area contributed by atoms with E-state index < -0.39 is 6.04 Å². The minimum atomic E-state index is -0.480. The molecule has 3 rings (SSSR count). The highest BCUT2D eigenvalue weighted by atomic mass is 35.5. The maximum Gasteiger partial charge on any atom is 0.322 e. The van der Waals surface area contributed by atoms with E-state index in [2.05, 4.69) is 25.7 Å². The molecule has 5 nitrogen and oxygen atoms in total. The van der Waals surface area contributed by atoms with Crippen LogP contribution in [0.3, 0.4) is 0 Å². The number of nitrogens with one attached hydrogen (secondary N) is 1. The normalized spacial score (nSPS) is 20.2. The number of benzene rings is 1. The molecule has 0 saturated carbocycles. The Bertz CT molecular complexity index is 757. The van der Waals surface area contributed by atoms with Gasteiger partial charge >= 0.3 is 6.03 Å². The molecule has 0 fully saturated rings. The third-order valence-corrected chi connectivity index (χ3v) is 4.61. The number of hydrogen-bond acceptors (Lipinski definition) is 2. The number of amides is 3. The SMILES string of the molecule is C=CCN1C(=O)N[C@@H](c2cccc(Cl)c2)C2=C1CN(CC(C)C)C2=O. The van der Waals surface area contributed by atoms with Gasteiger partial charge in [0.1, 0.15) is 0 Å². The summed E-state index contributed by atoms with van der Waals surface area (Å²) in [6, 6.07) is 6.57. The molecular formula is C19H22ClN3O2. The van der Waals surface area contributed by atoms with Gasteiger partial charge in [-0.05, 0) is 23.6 Å². The topological polar surface area (TPSA) is 52.7 Å². The van der Waals surface area contributed by atoms with Crippen molar-refractivity contribution in [3.63, 3.8) is 0 Å². The van der Waals surface area contributed by atoms with Crippen LogP contribution in [0.2, 0.25) is 5.02 Å². The number of nitrogens with zero attached hydrogens (tertiary/aromatic N) is 2. The van der Waals surface area contributed by atoms with E-state index in [1.165, 1.54) is 0 Å². The molecule has 1 aromatic rings. The first kappa shape index (κ1) is 17.5. The summed E-state index contributed by atoms with van der Waals surface area (Å²) >= 11 is 6.11. The van der Waals surface area contributed by atoms with E-state index in [4.69, 9.17) is 11.6 Å². The lowest BCUT2D eigenvalue weighted by molar-refractivity contribution is -0.126. The predicted octanol–water partition coefficient (Wildman–Crippen LogP) is 3.34. The summed E-state index contributed by atoms with van der Waals surface area (Å²) in [5.74, 6) is 0.328. The summed E-state index contributed by atoms with van der Waals surface area (Å²) in [4.78, 5) is 29.0. The summed E-state index contributed by atoms with van der Waals surface area (Å²) < 4.78 is 0. The van der Waals surface area contributed by atoms with Crippen LogP contribution < -0.4 is 5.32 Å². The Hall–Kier alpha value is -2.27. The average Bonchev–Trinajstić information content (AvgIpc) is 2.86. The third kappa shape index (κ3) is 3.29. The lowest BCUT2D eigenvalue weighted by atomic mass is 9.95. The Kier molecular flexibility index (Phi) is 4.86. The van der Waals surface area contributed by atoms with E-state index in [9.17, 15) is 9.59 Å². The van der Waals surface area contributed by atoms with Crippen LogP contribution in [0, 0.1) is 5.92 Å². The number of carbonyl (C=O) groups is 2. The Morgan fingerprint density at radius 3 is 2.80 bits per heavy atom. The quantitative estimate of drug-likeness (QED) is 0.820. The minimum Gasteiger partial charge on any atom is -0.333 e. The molecule has 132 valence electrons. The van der Waals surface area contributed by atoms with Crippen molar-refractivity contribution in [3.05, 3.63) is 58.8 Å². The average molecular weight is 360 g/mol. The van der Waals surface area contributed by atoms with E-state index in [-0.39, 0.29) is 11.9 Å². The molecule has 0 saturated heterocycles. The lowest BCUT2D eigenvalue weighted by Gasteiger charge is -2.33. The Morgan fingerprint density at radius 1 is 1.40 bits per heavy atom. The first-order valence-corrected chi connectivity index (χ1v) is 8.77. The van der Waals surface area contributed by atoms with Crippen LogP contribution in [0.15, 0.2) is 48.2 Å². The lowest BCUT2D eigenvalue weighted by Crippen LogP contribution is -2.47. The van der Waals surface area contributed by atoms with Gasteiger partial charge in [-0.2, -0.15) is 0 Å². The third-order valence-electron chi connectivity index (χ3n) is 4.38. The zero-order valence-electron chi connectivity index (χ0n) is 14.5. The van der Waals surface area contributed by atoms with Crippen molar-refractivity contribution in [1.82, 2.24) is 15.1 Å². The van der Waals surface area contributed by atoms with Crippen LogP contribution in [-0.2, 0) is 4.79 Å². The Balaban J connectivity index is 2.04. The summed E-state index contributed by atoms with van der Waals surface area (Å²) in [6.45, 7) is 9.34. The van der Waals surface area contributed by atoms with Gasteiger partial charge in [0.2, 0.25) is 0 Å². The predicted molar refractivity (Wildman–Crippen MR) is 98.1 cm³/mol. The summed E-state index contributed by atoms with van der Waals surface area (Å²) in [5, 5.41) is 3.52. The van der Waals surface area contributed by atoms with Gasteiger partial charge in [0.25, 0.3) is 5.91 Å². The molecule has 0 unspecified atom stereocenters. The maximum atomic E-state index is 13.0. The molecule has 1 atom stereocenters. The second-order valence-corrected chi connectivity index (χ2v) is 7.21. The van der Waals surface area contributed by atoms with Crippen LogP contribution in [-0.4, -0.2) is 41.4 Å². The van der Waals surface area contributed by atoms with Crippen molar-refractivity contribution in [2.45, 2.75) is 19.9 Å². The fourth-order valence-electron chi connectivity index (χ4n) is 3.40.